The van der Waals surface area contributed by atoms with Crippen LogP contribution in [0.2, 0.25) is 0 Å². The Morgan fingerprint density at radius 2 is 1.65 bits per heavy atom. The quantitative estimate of drug-likeness (QED) is 0.321. The van der Waals surface area contributed by atoms with Crippen molar-refractivity contribution in [1.82, 2.24) is 15.5 Å². The molecule has 0 saturated heterocycles. The molecule has 1 aliphatic rings. The number of alkyl halides is 3. The molecular formula is C26H32F3N3O2. The van der Waals surface area contributed by atoms with Crippen LogP contribution in [0.4, 0.5) is 13.2 Å². The average molecular weight is 476 g/mol. The summed E-state index contributed by atoms with van der Waals surface area (Å²) in [4.78, 5) is 25.1. The smallest absolute Gasteiger partial charge is 0.351 e. The number of carbonyl (C=O) groups excluding carboxylic acids is 2. The van der Waals surface area contributed by atoms with Crippen LogP contribution < -0.4 is 5.32 Å². The van der Waals surface area contributed by atoms with Crippen molar-refractivity contribution in [3.8, 4) is 0 Å². The summed E-state index contributed by atoms with van der Waals surface area (Å²) in [6.07, 6.45) is 3.31. The lowest BCUT2D eigenvalue weighted by molar-refractivity contribution is -0.138. The zero-order valence-corrected chi connectivity index (χ0v) is 19.5. The van der Waals surface area contributed by atoms with E-state index in [0.29, 0.717) is 32.2 Å². The van der Waals surface area contributed by atoms with Gasteiger partial charge >= 0.3 is 6.18 Å². The number of amides is 1. The minimum Gasteiger partial charge on any atom is -0.351 e. The summed E-state index contributed by atoms with van der Waals surface area (Å²) in [6.45, 7) is 2.77. The largest absolute Gasteiger partial charge is 0.417 e. The van der Waals surface area contributed by atoms with Crippen LogP contribution in [0.15, 0.2) is 36.4 Å². The van der Waals surface area contributed by atoms with E-state index in [1.165, 1.54) is 37.5 Å². The molecule has 8 heteroatoms. The number of rotatable bonds is 10. The van der Waals surface area contributed by atoms with E-state index >= 15 is 0 Å². The highest BCUT2D eigenvalue weighted by Crippen LogP contribution is 2.38. The molecule has 1 aromatic carbocycles. The van der Waals surface area contributed by atoms with Crippen molar-refractivity contribution in [3.05, 3.63) is 58.9 Å². The Labute approximate surface area is 198 Å². The Hall–Kier alpha value is -2.77. The van der Waals surface area contributed by atoms with E-state index in [2.05, 4.69) is 22.4 Å². The van der Waals surface area contributed by atoms with Gasteiger partial charge < -0.3 is 5.32 Å². The van der Waals surface area contributed by atoms with Crippen molar-refractivity contribution < 1.29 is 22.8 Å². The third kappa shape index (κ3) is 6.87. The van der Waals surface area contributed by atoms with Gasteiger partial charge in [-0.25, -0.2) is 0 Å². The van der Waals surface area contributed by atoms with Crippen LogP contribution in [0, 0.1) is 5.92 Å². The van der Waals surface area contributed by atoms with Crippen LogP contribution in [0.1, 0.15) is 103 Å². The number of hydrogen-bond acceptors (Lipinski definition) is 4. The van der Waals surface area contributed by atoms with Crippen molar-refractivity contribution in [1.29, 1.82) is 0 Å². The maximum atomic E-state index is 13.3. The highest BCUT2D eigenvalue weighted by molar-refractivity contribution is 5.99. The van der Waals surface area contributed by atoms with E-state index in [1.54, 1.807) is 12.1 Å². The van der Waals surface area contributed by atoms with E-state index in [9.17, 15) is 22.8 Å². The molecule has 5 nitrogen and oxygen atoms in total. The number of benzene rings is 1. The minimum absolute atomic E-state index is 0.0742. The number of Topliss-reactive ketones (excluding diaryl/α,β-unsaturated/α-hetero) is 1. The molecule has 0 atom stereocenters. The maximum Gasteiger partial charge on any atom is 0.417 e. The molecule has 1 fully saturated rings. The van der Waals surface area contributed by atoms with Crippen LogP contribution in [0.3, 0.4) is 0 Å². The predicted molar refractivity (Wildman–Crippen MR) is 124 cm³/mol. The summed E-state index contributed by atoms with van der Waals surface area (Å²) >= 11 is 0. The number of unbranched alkanes of at least 4 members (excludes halogenated alkanes) is 4. The first-order valence-corrected chi connectivity index (χ1v) is 12.1. The lowest BCUT2D eigenvalue weighted by Gasteiger charge is -2.27. The molecule has 0 unspecified atom stereocenters. The second-order valence-corrected chi connectivity index (χ2v) is 8.97. The van der Waals surface area contributed by atoms with E-state index in [1.807, 2.05) is 0 Å². The Morgan fingerprint density at radius 1 is 0.941 bits per heavy atom. The Morgan fingerprint density at radius 3 is 2.29 bits per heavy atom. The van der Waals surface area contributed by atoms with Crippen molar-refractivity contribution in [2.45, 2.75) is 76.8 Å². The van der Waals surface area contributed by atoms with E-state index in [-0.39, 0.29) is 23.1 Å². The highest BCUT2D eigenvalue weighted by atomic mass is 19.4. The summed E-state index contributed by atoms with van der Waals surface area (Å²) < 4.78 is 39.9. The van der Waals surface area contributed by atoms with Gasteiger partial charge in [0.05, 0.1) is 11.3 Å². The van der Waals surface area contributed by atoms with Gasteiger partial charge in [-0.1, -0.05) is 50.8 Å². The summed E-state index contributed by atoms with van der Waals surface area (Å²) in [5, 5.41) is 11.2. The number of ketones is 1. The van der Waals surface area contributed by atoms with Gasteiger partial charge in [-0.15, -0.1) is 5.10 Å². The monoisotopic (exact) mass is 475 g/mol. The van der Waals surface area contributed by atoms with Crippen molar-refractivity contribution in [2.75, 3.05) is 6.54 Å². The lowest BCUT2D eigenvalue weighted by atomic mass is 9.77. The number of halogens is 3. The fourth-order valence-corrected chi connectivity index (χ4v) is 4.52. The van der Waals surface area contributed by atoms with Gasteiger partial charge in [-0.3, -0.25) is 9.59 Å². The number of aromatic nitrogens is 2. The molecule has 184 valence electrons. The molecule has 1 N–H and O–H groups in total. The Bertz CT molecular complexity index is 953. The van der Waals surface area contributed by atoms with E-state index in [4.69, 9.17) is 0 Å². The molecule has 1 amide bonds. The average Bonchev–Trinajstić information content (AvgIpc) is 2.85. The van der Waals surface area contributed by atoms with Gasteiger partial charge in [0.15, 0.2) is 11.5 Å². The van der Waals surface area contributed by atoms with Crippen LogP contribution in [0.25, 0.3) is 0 Å². The van der Waals surface area contributed by atoms with Crippen molar-refractivity contribution in [3.63, 3.8) is 0 Å². The number of hydrogen-bond donors (Lipinski definition) is 1. The normalized spacial score (nSPS) is 18.5. The molecular weight excluding hydrogens is 443 g/mol. The summed E-state index contributed by atoms with van der Waals surface area (Å²) in [7, 11) is 0. The first-order chi connectivity index (χ1) is 16.3. The van der Waals surface area contributed by atoms with Crippen LogP contribution in [-0.2, 0) is 6.18 Å². The molecule has 3 rings (SSSR count). The first-order valence-electron chi connectivity index (χ1n) is 12.1. The molecule has 0 bridgehead atoms. The van der Waals surface area contributed by atoms with Gasteiger partial charge in [0.1, 0.15) is 0 Å². The van der Waals surface area contributed by atoms with Gasteiger partial charge in [0, 0.05) is 23.9 Å². The number of nitrogens with one attached hydrogen (secondary N) is 1. The minimum atomic E-state index is -4.55. The third-order valence-corrected chi connectivity index (χ3v) is 6.50. The van der Waals surface area contributed by atoms with E-state index in [0.717, 1.165) is 24.6 Å². The fraction of sp³-hybridized carbons (Fsp3) is 0.538. The highest BCUT2D eigenvalue weighted by Gasteiger charge is 2.37. The zero-order chi connectivity index (χ0) is 24.6. The van der Waals surface area contributed by atoms with Crippen LogP contribution in [0.5, 0.6) is 0 Å². The molecule has 34 heavy (non-hydrogen) atoms. The van der Waals surface area contributed by atoms with Crippen LogP contribution >= 0.6 is 0 Å². The summed E-state index contributed by atoms with van der Waals surface area (Å²) in [5.74, 6) is -1.05. The molecule has 2 aromatic rings. The molecule has 0 spiro atoms. The number of nitrogens with zero attached hydrogens (tertiary/aromatic N) is 2. The number of carbonyl (C=O) groups is 2. The SMILES string of the molecule is CCCCCCCNC(=O)c1ccc(C2CCC(C(=O)c3ccccc3C(F)(F)F)CC2)nn1. The summed E-state index contributed by atoms with van der Waals surface area (Å²) in [6, 6.07) is 8.43. The topological polar surface area (TPSA) is 72.0 Å². The fourth-order valence-electron chi connectivity index (χ4n) is 4.52. The predicted octanol–water partition coefficient (Wildman–Crippen LogP) is 6.35. The molecule has 0 radical (unpaired) electrons. The second kappa shape index (κ2) is 12.1. The standard InChI is InChI=1S/C26H32F3N3O2/c1-2-3-4-5-8-17-30-25(34)23-16-15-22(31-32-23)18-11-13-19(14-12-18)24(33)20-9-6-7-10-21(20)26(27,28)29/h6-7,9-10,15-16,18-19H,2-5,8,11-14,17H2,1H3,(H,30,34). The molecule has 1 saturated carbocycles. The van der Waals surface area contributed by atoms with Gasteiger partial charge in [-0.05, 0) is 50.3 Å². The first kappa shape index (κ1) is 25.8. The molecule has 0 aliphatic heterocycles. The molecule has 1 heterocycles. The Kier molecular flexibility index (Phi) is 9.19. The van der Waals surface area contributed by atoms with Gasteiger partial charge in [-0.2, -0.15) is 18.3 Å². The third-order valence-electron chi connectivity index (χ3n) is 6.50. The van der Waals surface area contributed by atoms with Gasteiger partial charge in [0.25, 0.3) is 5.91 Å². The second-order valence-electron chi connectivity index (χ2n) is 8.97. The van der Waals surface area contributed by atoms with Crippen molar-refractivity contribution >= 4 is 11.7 Å². The van der Waals surface area contributed by atoms with Gasteiger partial charge in [0.2, 0.25) is 0 Å². The summed E-state index contributed by atoms with van der Waals surface area (Å²) in [5.41, 5.74) is -0.107. The maximum absolute atomic E-state index is 13.3. The molecule has 1 aromatic heterocycles. The van der Waals surface area contributed by atoms with Crippen LogP contribution in [-0.4, -0.2) is 28.4 Å². The van der Waals surface area contributed by atoms with Crippen molar-refractivity contribution in [2.24, 2.45) is 5.92 Å². The lowest BCUT2D eigenvalue weighted by Crippen LogP contribution is -2.26. The van der Waals surface area contributed by atoms with E-state index < -0.39 is 23.4 Å². The zero-order valence-electron chi connectivity index (χ0n) is 19.5. The molecule has 1 aliphatic carbocycles. The Balaban J connectivity index is 1.51.